The average Bonchev–Trinajstić information content (AvgIpc) is 3.36. The van der Waals surface area contributed by atoms with E-state index >= 15 is 0 Å². The number of fused-ring (bicyclic) bond motifs is 1. The molecule has 3 aromatic heterocycles. The minimum Gasteiger partial charge on any atom is -0.462 e. The lowest BCUT2D eigenvalue weighted by molar-refractivity contribution is -0.0380. The number of nitrogens with zero attached hydrogens (tertiary/aromatic N) is 1. The maximum atomic E-state index is 12.9. The highest BCUT2D eigenvalue weighted by atomic mass is 32.1. The normalized spacial score (nSPS) is 11.3. The summed E-state index contributed by atoms with van der Waals surface area (Å²) in [6.45, 7) is 0.396. The van der Waals surface area contributed by atoms with Crippen LogP contribution in [-0.4, -0.2) is 27.4 Å². The molecule has 0 saturated heterocycles. The summed E-state index contributed by atoms with van der Waals surface area (Å²) in [7, 11) is 0. The second-order valence-electron chi connectivity index (χ2n) is 6.55. The lowest BCUT2D eigenvalue weighted by Crippen LogP contribution is -2.16. The Morgan fingerprint density at radius 1 is 1.24 bits per heavy atom. The Hall–Kier alpha value is -3.04. The quantitative estimate of drug-likeness (QED) is 0.363. The molecule has 3 heterocycles. The fraction of sp³-hybridized carbons (Fsp3) is 0.143. The number of hydrogen-bond acceptors (Lipinski definition) is 7. The van der Waals surface area contributed by atoms with E-state index in [2.05, 4.69) is 10.3 Å². The Morgan fingerprint density at radius 3 is 2.90 bits per heavy atom. The Kier molecular flexibility index (Phi) is 5.41. The predicted molar refractivity (Wildman–Crippen MR) is 112 cm³/mol. The number of aliphatic hydroxyl groups is 2. The zero-order chi connectivity index (χ0) is 20.4. The Morgan fingerprint density at radius 2 is 2.10 bits per heavy atom. The van der Waals surface area contributed by atoms with E-state index in [4.69, 9.17) is 10.2 Å². The number of nitrogens with two attached hydrogens (primary N) is 1. The largest absolute Gasteiger partial charge is 0.462 e. The van der Waals surface area contributed by atoms with Gasteiger partial charge in [0, 0.05) is 29.3 Å². The number of anilines is 1. The third-order valence-corrected chi connectivity index (χ3v) is 5.29. The first-order chi connectivity index (χ1) is 14.0. The van der Waals surface area contributed by atoms with Gasteiger partial charge in [0.25, 0.3) is 5.91 Å². The number of rotatable bonds is 6. The van der Waals surface area contributed by atoms with Crippen molar-refractivity contribution in [1.82, 2.24) is 4.98 Å². The molecule has 4 rings (SSSR count). The van der Waals surface area contributed by atoms with E-state index in [9.17, 15) is 15.0 Å². The number of aliphatic hydroxyl groups excluding tert-OH is 1. The van der Waals surface area contributed by atoms with Crippen LogP contribution in [-0.2, 0) is 13.0 Å². The van der Waals surface area contributed by atoms with Crippen molar-refractivity contribution in [3.05, 3.63) is 70.2 Å². The van der Waals surface area contributed by atoms with E-state index < -0.39 is 12.2 Å². The molecule has 148 valence electrons. The maximum absolute atomic E-state index is 12.9. The van der Waals surface area contributed by atoms with Crippen LogP contribution in [0.15, 0.2) is 57.8 Å². The minimum atomic E-state index is -1.48. The van der Waals surface area contributed by atoms with Crippen LogP contribution in [0.5, 0.6) is 0 Å². The van der Waals surface area contributed by atoms with E-state index in [1.807, 2.05) is 24.3 Å². The molecule has 0 radical (unpaired) electrons. The molecule has 0 atom stereocenters. The van der Waals surface area contributed by atoms with Crippen molar-refractivity contribution >= 4 is 33.9 Å². The molecule has 0 aliphatic heterocycles. The second kappa shape index (κ2) is 8.14. The van der Waals surface area contributed by atoms with Crippen molar-refractivity contribution in [3.8, 4) is 11.3 Å². The van der Waals surface area contributed by atoms with Crippen LogP contribution < -0.4 is 11.1 Å². The van der Waals surface area contributed by atoms with E-state index in [1.165, 1.54) is 11.3 Å². The summed E-state index contributed by atoms with van der Waals surface area (Å²) < 4.78 is 5.60. The number of benzene rings is 1. The molecule has 4 aromatic rings. The molecule has 8 heteroatoms. The standard InChI is InChI=1S/C21H19N3O4S/c22-9-12-2-1-3-13(6-12)19-20-14(4-5-28-20)7-16(23-19)21(27)24-17-11-29-10-15(17)8-18(25)26/h1-7,10-11,18,25-26H,8-9,22H2,(H,24,27). The van der Waals surface area contributed by atoms with E-state index in [-0.39, 0.29) is 12.1 Å². The zero-order valence-electron chi connectivity index (χ0n) is 15.3. The van der Waals surface area contributed by atoms with Crippen molar-refractivity contribution in [1.29, 1.82) is 0 Å². The van der Waals surface area contributed by atoms with Crippen LogP contribution in [0.4, 0.5) is 5.69 Å². The summed E-state index contributed by atoms with van der Waals surface area (Å²) in [6.07, 6.45) is 0.107. The molecule has 0 aliphatic rings. The van der Waals surface area contributed by atoms with E-state index in [1.54, 1.807) is 29.2 Å². The first kappa shape index (κ1) is 19.3. The molecule has 0 saturated carbocycles. The summed E-state index contributed by atoms with van der Waals surface area (Å²) in [5, 5.41) is 25.5. The molecule has 0 aliphatic carbocycles. The molecular formula is C21H19N3O4S. The Balaban J connectivity index is 1.71. The Labute approximate surface area is 170 Å². The molecule has 1 aromatic carbocycles. The monoisotopic (exact) mass is 409 g/mol. The van der Waals surface area contributed by atoms with Crippen molar-refractivity contribution in [3.63, 3.8) is 0 Å². The summed E-state index contributed by atoms with van der Waals surface area (Å²) >= 11 is 1.37. The molecule has 1 amide bonds. The summed E-state index contributed by atoms with van der Waals surface area (Å²) in [6, 6.07) is 11.1. The first-order valence-corrected chi connectivity index (χ1v) is 9.89. The van der Waals surface area contributed by atoms with Gasteiger partial charge >= 0.3 is 0 Å². The lowest BCUT2D eigenvalue weighted by Gasteiger charge is -2.10. The van der Waals surface area contributed by atoms with E-state index in [0.717, 1.165) is 16.5 Å². The number of aromatic nitrogens is 1. The van der Waals surface area contributed by atoms with Gasteiger partial charge in [-0.1, -0.05) is 18.2 Å². The van der Waals surface area contributed by atoms with Crippen LogP contribution in [0.3, 0.4) is 0 Å². The minimum absolute atomic E-state index is 0.0322. The van der Waals surface area contributed by atoms with Gasteiger partial charge in [-0.3, -0.25) is 4.79 Å². The smallest absolute Gasteiger partial charge is 0.274 e. The molecule has 0 spiro atoms. The molecule has 0 unspecified atom stereocenters. The fourth-order valence-electron chi connectivity index (χ4n) is 3.11. The van der Waals surface area contributed by atoms with Gasteiger partial charge in [-0.2, -0.15) is 0 Å². The number of carbonyl (C=O) groups excluding carboxylic acids is 1. The van der Waals surface area contributed by atoms with Gasteiger partial charge in [-0.15, -0.1) is 11.3 Å². The average molecular weight is 409 g/mol. The van der Waals surface area contributed by atoms with Crippen molar-refractivity contribution < 1.29 is 19.4 Å². The number of furan rings is 1. The molecule has 0 bridgehead atoms. The maximum Gasteiger partial charge on any atom is 0.274 e. The highest BCUT2D eigenvalue weighted by molar-refractivity contribution is 7.08. The third-order valence-electron chi connectivity index (χ3n) is 4.50. The SMILES string of the molecule is NCc1cccc(-c2nc(C(=O)Nc3cscc3CC(O)O)cc3ccoc23)c1. The highest BCUT2D eigenvalue weighted by Crippen LogP contribution is 2.30. The lowest BCUT2D eigenvalue weighted by atomic mass is 10.1. The Bertz CT molecular complexity index is 1170. The van der Waals surface area contributed by atoms with Crippen LogP contribution in [0.25, 0.3) is 22.2 Å². The summed E-state index contributed by atoms with van der Waals surface area (Å²) in [5.41, 5.74) is 10.1. The molecule has 0 fully saturated rings. The van der Waals surface area contributed by atoms with Crippen molar-refractivity contribution in [2.75, 3.05) is 5.32 Å². The van der Waals surface area contributed by atoms with E-state index in [0.29, 0.717) is 29.1 Å². The second-order valence-corrected chi connectivity index (χ2v) is 7.29. The fourth-order valence-corrected chi connectivity index (χ4v) is 3.91. The van der Waals surface area contributed by atoms with Gasteiger partial charge in [0.15, 0.2) is 11.9 Å². The first-order valence-electron chi connectivity index (χ1n) is 8.95. The molecule has 5 N–H and O–H groups in total. The number of thiophene rings is 1. The topological polar surface area (TPSA) is 122 Å². The van der Waals surface area contributed by atoms with Crippen LogP contribution in [0, 0.1) is 0 Å². The van der Waals surface area contributed by atoms with Crippen LogP contribution >= 0.6 is 11.3 Å². The zero-order valence-corrected chi connectivity index (χ0v) is 16.1. The van der Waals surface area contributed by atoms with Gasteiger partial charge < -0.3 is 25.7 Å². The third kappa shape index (κ3) is 4.06. The summed E-state index contributed by atoms with van der Waals surface area (Å²) in [5.74, 6) is -0.392. The van der Waals surface area contributed by atoms with Gasteiger partial charge in [-0.25, -0.2) is 4.98 Å². The highest BCUT2D eigenvalue weighted by Gasteiger charge is 2.18. The number of pyridine rings is 1. The van der Waals surface area contributed by atoms with Crippen LogP contribution in [0.1, 0.15) is 21.6 Å². The van der Waals surface area contributed by atoms with Crippen molar-refractivity contribution in [2.24, 2.45) is 5.73 Å². The van der Waals surface area contributed by atoms with Gasteiger partial charge in [0.05, 0.1) is 12.0 Å². The molecule has 7 nitrogen and oxygen atoms in total. The van der Waals surface area contributed by atoms with Gasteiger partial charge in [0.2, 0.25) is 0 Å². The molecular weight excluding hydrogens is 390 g/mol. The van der Waals surface area contributed by atoms with Crippen molar-refractivity contribution in [2.45, 2.75) is 19.3 Å². The number of carbonyl (C=O) groups is 1. The van der Waals surface area contributed by atoms with Gasteiger partial charge in [-0.05, 0) is 34.7 Å². The van der Waals surface area contributed by atoms with Crippen LogP contribution in [0.2, 0.25) is 0 Å². The van der Waals surface area contributed by atoms with Gasteiger partial charge in [0.1, 0.15) is 11.4 Å². The number of amides is 1. The number of hydrogen-bond donors (Lipinski definition) is 4. The summed E-state index contributed by atoms with van der Waals surface area (Å²) in [4.78, 5) is 17.4. The molecule has 29 heavy (non-hydrogen) atoms. The predicted octanol–water partition coefficient (Wildman–Crippen LogP) is 3.12. The number of nitrogens with one attached hydrogen (secondary N) is 1.